The molecule has 0 radical (unpaired) electrons. The first-order valence-electron chi connectivity index (χ1n) is 9.80. The Kier molecular flexibility index (Phi) is 7.51. The maximum absolute atomic E-state index is 12.9. The molecule has 0 aliphatic heterocycles. The Morgan fingerprint density at radius 2 is 1.74 bits per heavy atom. The van der Waals surface area contributed by atoms with Gasteiger partial charge >= 0.3 is 0 Å². The van der Waals surface area contributed by atoms with Gasteiger partial charge in [0.2, 0.25) is 6.04 Å². The number of aliphatic imine (C=N–C) groups is 1. The van der Waals surface area contributed by atoms with Gasteiger partial charge in [-0.15, -0.1) is 0 Å². The van der Waals surface area contributed by atoms with E-state index in [0.29, 0.717) is 22.9 Å². The molecular weight excluding hydrogens is 410 g/mol. The molecule has 3 N–H and O–H groups in total. The number of amidine groups is 1. The fraction of sp³-hybridized carbons (Fsp3) is 0.167. The lowest BCUT2D eigenvalue weighted by molar-refractivity contribution is -0.116. The number of aryl methyl sites for hydroxylation is 2. The largest absolute Gasteiger partial charge is 0.385 e. The molecule has 1 atom stereocenters. The van der Waals surface area contributed by atoms with E-state index in [2.05, 4.69) is 20.5 Å². The van der Waals surface area contributed by atoms with Crippen LogP contribution in [0.25, 0.3) is 0 Å². The van der Waals surface area contributed by atoms with Crippen molar-refractivity contribution in [3.63, 3.8) is 0 Å². The van der Waals surface area contributed by atoms with Crippen molar-refractivity contribution in [1.82, 2.24) is 0 Å². The van der Waals surface area contributed by atoms with Crippen LogP contribution in [0.3, 0.4) is 0 Å². The quantitative estimate of drug-likeness (QED) is 0.288. The highest BCUT2D eigenvalue weighted by Gasteiger charge is 2.22. The fourth-order valence-electron chi connectivity index (χ4n) is 2.79. The highest BCUT2D eigenvalue weighted by atomic mass is 35.5. The van der Waals surface area contributed by atoms with Gasteiger partial charge in [-0.05, 0) is 55.3 Å². The SMILES string of the molecule is Cc1ccc(/N=N/C(C(=O)Nc2ccccc2)/C(N)=N/Cc2ccc(Cl)c(C)c2)cc1. The standard InChI is InChI=1S/C24H24ClN5O/c1-16-8-11-20(12-9-16)29-30-22(24(31)28-19-6-4-3-5-7-19)23(26)27-15-18-10-13-21(25)17(2)14-18/h3-14,22H,15H2,1-2H3,(H2,26,27)(H,28,31)/b30-29+. The third kappa shape index (κ3) is 6.49. The zero-order chi connectivity index (χ0) is 22.2. The fourth-order valence-corrected chi connectivity index (χ4v) is 2.91. The molecular formula is C24H24ClN5O. The average Bonchev–Trinajstić information content (AvgIpc) is 2.76. The number of hydrogen-bond acceptors (Lipinski definition) is 4. The predicted molar refractivity (Wildman–Crippen MR) is 126 cm³/mol. The minimum Gasteiger partial charge on any atom is -0.385 e. The minimum absolute atomic E-state index is 0.0805. The van der Waals surface area contributed by atoms with E-state index in [1.54, 1.807) is 12.1 Å². The highest BCUT2D eigenvalue weighted by Crippen LogP contribution is 2.18. The number of rotatable bonds is 7. The summed E-state index contributed by atoms with van der Waals surface area (Å²) in [6, 6.07) is 21.2. The third-order valence-corrected chi connectivity index (χ3v) is 4.98. The van der Waals surface area contributed by atoms with Crippen molar-refractivity contribution in [3.05, 3.63) is 94.5 Å². The van der Waals surface area contributed by atoms with Crippen LogP contribution in [-0.2, 0) is 11.3 Å². The second-order valence-corrected chi connectivity index (χ2v) is 7.54. The second kappa shape index (κ2) is 10.5. The van der Waals surface area contributed by atoms with Crippen molar-refractivity contribution in [3.8, 4) is 0 Å². The highest BCUT2D eigenvalue weighted by molar-refractivity contribution is 6.31. The maximum Gasteiger partial charge on any atom is 0.258 e. The van der Waals surface area contributed by atoms with Gasteiger partial charge in [0, 0.05) is 10.7 Å². The number of amides is 1. The Morgan fingerprint density at radius 1 is 1.03 bits per heavy atom. The number of carbonyl (C=O) groups excluding carboxylic acids is 1. The summed E-state index contributed by atoms with van der Waals surface area (Å²) in [5.41, 5.74) is 10.4. The van der Waals surface area contributed by atoms with Gasteiger partial charge in [-0.3, -0.25) is 9.79 Å². The molecule has 3 aromatic rings. The van der Waals surface area contributed by atoms with Gasteiger partial charge in [0.15, 0.2) is 0 Å². The molecule has 0 saturated heterocycles. The van der Waals surface area contributed by atoms with Crippen LogP contribution in [-0.4, -0.2) is 17.8 Å². The number of hydrogen-bond donors (Lipinski definition) is 2. The molecule has 1 amide bonds. The van der Waals surface area contributed by atoms with E-state index in [0.717, 1.165) is 16.7 Å². The Labute approximate surface area is 186 Å². The zero-order valence-electron chi connectivity index (χ0n) is 17.4. The molecule has 1 unspecified atom stereocenters. The van der Waals surface area contributed by atoms with Crippen LogP contribution >= 0.6 is 11.6 Å². The number of nitrogens with one attached hydrogen (secondary N) is 1. The molecule has 0 fully saturated rings. The lowest BCUT2D eigenvalue weighted by atomic mass is 10.1. The van der Waals surface area contributed by atoms with Gasteiger partial charge in [-0.25, -0.2) is 0 Å². The summed E-state index contributed by atoms with van der Waals surface area (Å²) in [6.45, 7) is 4.21. The van der Waals surface area contributed by atoms with E-state index in [1.165, 1.54) is 0 Å². The van der Waals surface area contributed by atoms with E-state index in [4.69, 9.17) is 17.3 Å². The number of nitrogens with two attached hydrogens (primary N) is 1. The molecule has 158 valence electrons. The van der Waals surface area contributed by atoms with Crippen LogP contribution in [0.15, 0.2) is 88.0 Å². The monoisotopic (exact) mass is 433 g/mol. The van der Waals surface area contributed by atoms with Crippen LogP contribution in [0.5, 0.6) is 0 Å². The van der Waals surface area contributed by atoms with Crippen LogP contribution < -0.4 is 11.1 Å². The van der Waals surface area contributed by atoms with Crippen LogP contribution in [0, 0.1) is 13.8 Å². The summed E-state index contributed by atoms with van der Waals surface area (Å²) in [6.07, 6.45) is 0. The third-order valence-electron chi connectivity index (χ3n) is 4.56. The number of nitrogens with zero attached hydrogens (tertiary/aromatic N) is 3. The van der Waals surface area contributed by atoms with E-state index in [-0.39, 0.29) is 5.84 Å². The Bertz CT molecular complexity index is 1090. The van der Waals surface area contributed by atoms with Crippen molar-refractivity contribution < 1.29 is 4.79 Å². The van der Waals surface area contributed by atoms with Crippen LogP contribution in [0.1, 0.15) is 16.7 Å². The van der Waals surface area contributed by atoms with Crippen molar-refractivity contribution in [1.29, 1.82) is 0 Å². The van der Waals surface area contributed by atoms with E-state index in [9.17, 15) is 4.79 Å². The summed E-state index contributed by atoms with van der Waals surface area (Å²) >= 11 is 6.08. The average molecular weight is 434 g/mol. The Balaban J connectivity index is 1.82. The number of para-hydroxylation sites is 1. The molecule has 0 saturated carbocycles. The first kappa shape index (κ1) is 22.2. The smallest absolute Gasteiger partial charge is 0.258 e. The molecule has 0 aliphatic rings. The van der Waals surface area contributed by atoms with Gasteiger partial charge < -0.3 is 11.1 Å². The number of carbonyl (C=O) groups is 1. The topological polar surface area (TPSA) is 92.2 Å². The summed E-state index contributed by atoms with van der Waals surface area (Å²) in [7, 11) is 0. The Hall–Kier alpha value is -3.51. The molecule has 6 nitrogen and oxygen atoms in total. The van der Waals surface area contributed by atoms with E-state index < -0.39 is 11.9 Å². The normalized spacial score (nSPS) is 12.7. The van der Waals surface area contributed by atoms with Gasteiger partial charge in [0.1, 0.15) is 5.84 Å². The summed E-state index contributed by atoms with van der Waals surface area (Å²) in [4.78, 5) is 17.3. The van der Waals surface area contributed by atoms with Gasteiger partial charge in [0.05, 0.1) is 12.2 Å². The molecule has 0 bridgehead atoms. The molecule has 3 rings (SSSR count). The Morgan fingerprint density at radius 3 is 2.42 bits per heavy atom. The first-order chi connectivity index (χ1) is 14.9. The van der Waals surface area contributed by atoms with Gasteiger partial charge in [-0.2, -0.15) is 10.2 Å². The van der Waals surface area contributed by atoms with Crippen LogP contribution in [0.2, 0.25) is 5.02 Å². The van der Waals surface area contributed by atoms with Crippen molar-refractivity contribution in [2.45, 2.75) is 26.4 Å². The van der Waals surface area contributed by atoms with E-state index >= 15 is 0 Å². The van der Waals surface area contributed by atoms with Crippen LogP contribution in [0.4, 0.5) is 11.4 Å². The number of halogens is 1. The molecule has 0 heterocycles. The summed E-state index contributed by atoms with van der Waals surface area (Å²) < 4.78 is 0. The molecule has 0 aliphatic carbocycles. The first-order valence-corrected chi connectivity index (χ1v) is 10.2. The lowest BCUT2D eigenvalue weighted by Crippen LogP contribution is -2.38. The molecule has 0 aromatic heterocycles. The van der Waals surface area contributed by atoms with Crippen molar-refractivity contribution in [2.24, 2.45) is 21.0 Å². The number of benzene rings is 3. The molecule has 7 heteroatoms. The minimum atomic E-state index is -1.06. The number of azo groups is 1. The summed E-state index contributed by atoms with van der Waals surface area (Å²) in [5.74, 6) is -0.326. The molecule has 3 aromatic carbocycles. The van der Waals surface area contributed by atoms with Crippen molar-refractivity contribution >= 4 is 34.7 Å². The second-order valence-electron chi connectivity index (χ2n) is 7.13. The predicted octanol–water partition coefficient (Wildman–Crippen LogP) is 5.61. The van der Waals surface area contributed by atoms with Gasteiger partial charge in [0.25, 0.3) is 5.91 Å². The zero-order valence-corrected chi connectivity index (χ0v) is 18.2. The van der Waals surface area contributed by atoms with Crippen molar-refractivity contribution in [2.75, 3.05) is 5.32 Å². The molecule has 31 heavy (non-hydrogen) atoms. The van der Waals surface area contributed by atoms with Gasteiger partial charge in [-0.1, -0.05) is 59.6 Å². The maximum atomic E-state index is 12.9. The van der Waals surface area contributed by atoms with E-state index in [1.807, 2.05) is 74.5 Å². The lowest BCUT2D eigenvalue weighted by Gasteiger charge is -2.12. The number of anilines is 1. The summed E-state index contributed by atoms with van der Waals surface area (Å²) in [5, 5.41) is 11.9. The molecule has 0 spiro atoms.